The number of carbonyl (C=O) groups is 1. The summed E-state index contributed by atoms with van der Waals surface area (Å²) in [5, 5.41) is 11.3. The summed E-state index contributed by atoms with van der Waals surface area (Å²) >= 11 is 0. The van der Waals surface area contributed by atoms with Crippen LogP contribution in [0.1, 0.15) is 12.8 Å². The van der Waals surface area contributed by atoms with Crippen LogP contribution in [0.25, 0.3) is 0 Å². The standard InChI is InChI=1S/C10H12FNO2/c11-8-3-1-4-9(7-8)12-6-2-5-10(13)14/h1,3-4,7,12H,2,5-6H2,(H,13,14). The van der Waals surface area contributed by atoms with Gasteiger partial charge in [0.25, 0.3) is 0 Å². The molecule has 1 aromatic rings. The largest absolute Gasteiger partial charge is 0.481 e. The van der Waals surface area contributed by atoms with Gasteiger partial charge in [-0.3, -0.25) is 4.79 Å². The number of halogens is 1. The highest BCUT2D eigenvalue weighted by molar-refractivity contribution is 5.66. The Balaban J connectivity index is 2.28. The van der Waals surface area contributed by atoms with Crippen molar-refractivity contribution in [3.63, 3.8) is 0 Å². The molecular formula is C10H12FNO2. The van der Waals surface area contributed by atoms with Crippen molar-refractivity contribution in [2.45, 2.75) is 12.8 Å². The van der Waals surface area contributed by atoms with Crippen molar-refractivity contribution in [1.82, 2.24) is 0 Å². The SMILES string of the molecule is O=C(O)CCCNc1cccc(F)c1. The Hall–Kier alpha value is -1.58. The molecule has 0 aliphatic rings. The van der Waals surface area contributed by atoms with Crippen LogP contribution in [0.4, 0.5) is 10.1 Å². The summed E-state index contributed by atoms with van der Waals surface area (Å²) in [6.07, 6.45) is 0.661. The fraction of sp³-hybridized carbons (Fsp3) is 0.300. The van der Waals surface area contributed by atoms with Gasteiger partial charge in [-0.2, -0.15) is 0 Å². The molecule has 0 unspecified atom stereocenters. The minimum Gasteiger partial charge on any atom is -0.481 e. The monoisotopic (exact) mass is 197 g/mol. The summed E-state index contributed by atoms with van der Waals surface area (Å²) in [4.78, 5) is 10.2. The van der Waals surface area contributed by atoms with Gasteiger partial charge in [0.05, 0.1) is 0 Å². The lowest BCUT2D eigenvalue weighted by Crippen LogP contribution is -2.04. The van der Waals surface area contributed by atoms with Crippen LogP contribution in [0.3, 0.4) is 0 Å². The van der Waals surface area contributed by atoms with Gasteiger partial charge in [0, 0.05) is 18.7 Å². The van der Waals surface area contributed by atoms with E-state index in [1.165, 1.54) is 12.1 Å². The zero-order valence-corrected chi connectivity index (χ0v) is 7.66. The van der Waals surface area contributed by atoms with Crippen molar-refractivity contribution in [3.05, 3.63) is 30.1 Å². The molecule has 4 heteroatoms. The number of hydrogen-bond acceptors (Lipinski definition) is 2. The molecule has 1 aromatic carbocycles. The second-order valence-corrected chi connectivity index (χ2v) is 2.93. The van der Waals surface area contributed by atoms with E-state index in [2.05, 4.69) is 5.32 Å². The molecule has 0 atom stereocenters. The minimum atomic E-state index is -0.814. The van der Waals surface area contributed by atoms with Gasteiger partial charge in [-0.25, -0.2) is 4.39 Å². The van der Waals surface area contributed by atoms with E-state index in [0.29, 0.717) is 18.7 Å². The maximum atomic E-state index is 12.7. The van der Waals surface area contributed by atoms with Crippen LogP contribution in [-0.2, 0) is 4.79 Å². The summed E-state index contributed by atoms with van der Waals surface area (Å²) in [6.45, 7) is 0.537. The predicted octanol–water partition coefficient (Wildman–Crippen LogP) is 2.10. The van der Waals surface area contributed by atoms with Gasteiger partial charge >= 0.3 is 5.97 Å². The zero-order valence-electron chi connectivity index (χ0n) is 7.66. The Morgan fingerprint density at radius 1 is 1.50 bits per heavy atom. The fourth-order valence-electron chi connectivity index (χ4n) is 1.07. The van der Waals surface area contributed by atoms with E-state index in [-0.39, 0.29) is 12.2 Å². The topological polar surface area (TPSA) is 49.3 Å². The molecule has 0 aliphatic carbocycles. The van der Waals surface area contributed by atoms with Crippen molar-refractivity contribution in [1.29, 1.82) is 0 Å². The van der Waals surface area contributed by atoms with Crippen LogP contribution in [0.5, 0.6) is 0 Å². The third-order valence-corrected chi connectivity index (χ3v) is 1.72. The molecule has 14 heavy (non-hydrogen) atoms. The van der Waals surface area contributed by atoms with Crippen LogP contribution in [-0.4, -0.2) is 17.6 Å². The van der Waals surface area contributed by atoms with Crippen molar-refractivity contribution < 1.29 is 14.3 Å². The summed E-state index contributed by atoms with van der Waals surface area (Å²) < 4.78 is 12.7. The van der Waals surface area contributed by atoms with E-state index in [9.17, 15) is 9.18 Å². The third kappa shape index (κ3) is 3.89. The first kappa shape index (κ1) is 10.5. The molecule has 0 saturated carbocycles. The average Bonchev–Trinajstić information content (AvgIpc) is 2.12. The number of hydrogen-bond donors (Lipinski definition) is 2. The highest BCUT2D eigenvalue weighted by Crippen LogP contribution is 2.08. The van der Waals surface area contributed by atoms with Crippen molar-refractivity contribution >= 4 is 11.7 Å². The molecule has 0 fully saturated rings. The second kappa shape index (κ2) is 5.21. The average molecular weight is 197 g/mol. The van der Waals surface area contributed by atoms with E-state index in [1.807, 2.05) is 0 Å². The Morgan fingerprint density at radius 2 is 2.29 bits per heavy atom. The first-order chi connectivity index (χ1) is 6.68. The smallest absolute Gasteiger partial charge is 0.303 e. The van der Waals surface area contributed by atoms with E-state index in [4.69, 9.17) is 5.11 Å². The summed E-state index contributed by atoms with van der Waals surface area (Å²) in [6, 6.07) is 6.09. The number of carboxylic acid groups (broad SMARTS) is 1. The lowest BCUT2D eigenvalue weighted by atomic mass is 10.3. The summed E-state index contributed by atoms with van der Waals surface area (Å²) in [7, 11) is 0. The zero-order chi connectivity index (χ0) is 10.4. The molecule has 3 nitrogen and oxygen atoms in total. The van der Waals surface area contributed by atoms with Crippen molar-refractivity contribution in [2.75, 3.05) is 11.9 Å². The number of benzene rings is 1. The lowest BCUT2D eigenvalue weighted by molar-refractivity contribution is -0.137. The van der Waals surface area contributed by atoms with Gasteiger partial charge in [0.2, 0.25) is 0 Å². The summed E-state index contributed by atoms with van der Waals surface area (Å²) in [5.74, 6) is -1.11. The van der Waals surface area contributed by atoms with E-state index in [0.717, 1.165) is 0 Å². The molecule has 1 rings (SSSR count). The maximum Gasteiger partial charge on any atom is 0.303 e. The van der Waals surface area contributed by atoms with Gasteiger partial charge in [-0.1, -0.05) is 6.07 Å². The fourth-order valence-corrected chi connectivity index (χ4v) is 1.07. The van der Waals surface area contributed by atoms with Crippen LogP contribution in [0.15, 0.2) is 24.3 Å². The molecule has 0 aliphatic heterocycles. The molecule has 0 saturated heterocycles. The van der Waals surface area contributed by atoms with Crippen molar-refractivity contribution in [2.24, 2.45) is 0 Å². The Labute approximate surface area is 81.6 Å². The highest BCUT2D eigenvalue weighted by Gasteiger charge is 1.97. The van der Waals surface area contributed by atoms with Crippen LogP contribution in [0, 0.1) is 5.82 Å². The molecule has 76 valence electrons. The van der Waals surface area contributed by atoms with Crippen LogP contribution >= 0.6 is 0 Å². The van der Waals surface area contributed by atoms with Crippen molar-refractivity contribution in [3.8, 4) is 0 Å². The first-order valence-electron chi connectivity index (χ1n) is 4.40. The van der Waals surface area contributed by atoms with Gasteiger partial charge in [-0.05, 0) is 24.6 Å². The van der Waals surface area contributed by atoms with Gasteiger partial charge in [0.15, 0.2) is 0 Å². The van der Waals surface area contributed by atoms with Crippen LogP contribution < -0.4 is 5.32 Å². The molecule has 0 heterocycles. The minimum absolute atomic E-state index is 0.127. The molecule has 0 radical (unpaired) electrons. The predicted molar refractivity (Wildman–Crippen MR) is 51.8 cm³/mol. The molecule has 0 amide bonds. The Bertz CT molecular complexity index is 315. The Morgan fingerprint density at radius 3 is 2.93 bits per heavy atom. The number of nitrogens with one attached hydrogen (secondary N) is 1. The molecular weight excluding hydrogens is 185 g/mol. The van der Waals surface area contributed by atoms with E-state index in [1.54, 1.807) is 12.1 Å². The highest BCUT2D eigenvalue weighted by atomic mass is 19.1. The van der Waals surface area contributed by atoms with Gasteiger partial charge in [-0.15, -0.1) is 0 Å². The maximum absolute atomic E-state index is 12.7. The number of carboxylic acids is 1. The molecule has 2 N–H and O–H groups in total. The molecule has 0 bridgehead atoms. The normalized spacial score (nSPS) is 9.79. The number of aliphatic carboxylic acids is 1. The molecule has 0 spiro atoms. The third-order valence-electron chi connectivity index (χ3n) is 1.72. The second-order valence-electron chi connectivity index (χ2n) is 2.93. The number of rotatable bonds is 5. The quantitative estimate of drug-likeness (QED) is 0.710. The number of anilines is 1. The Kier molecular flexibility index (Phi) is 3.91. The van der Waals surface area contributed by atoms with E-state index < -0.39 is 5.97 Å². The lowest BCUT2D eigenvalue weighted by Gasteiger charge is -2.04. The molecule has 0 aromatic heterocycles. The van der Waals surface area contributed by atoms with E-state index >= 15 is 0 Å². The van der Waals surface area contributed by atoms with Crippen LogP contribution in [0.2, 0.25) is 0 Å². The van der Waals surface area contributed by atoms with Gasteiger partial charge in [0.1, 0.15) is 5.82 Å². The summed E-state index contributed by atoms with van der Waals surface area (Å²) in [5.41, 5.74) is 0.676. The van der Waals surface area contributed by atoms with Gasteiger partial charge < -0.3 is 10.4 Å². The first-order valence-corrected chi connectivity index (χ1v) is 4.40.